The van der Waals surface area contributed by atoms with Gasteiger partial charge >= 0.3 is 0 Å². The fourth-order valence-corrected chi connectivity index (χ4v) is 1.37. The summed E-state index contributed by atoms with van der Waals surface area (Å²) >= 11 is 0. The van der Waals surface area contributed by atoms with Crippen LogP contribution in [-0.4, -0.2) is 24.9 Å². The number of halogens is 1. The van der Waals surface area contributed by atoms with E-state index in [9.17, 15) is 4.39 Å². The topological polar surface area (TPSA) is 55.5 Å². The van der Waals surface area contributed by atoms with Gasteiger partial charge in [0.1, 0.15) is 0 Å². The average molecular weight is 213 g/mol. The predicted octanol–water partition coefficient (Wildman–Crippen LogP) is 1.26. The summed E-state index contributed by atoms with van der Waals surface area (Å²) in [5.41, 5.74) is 6.42. The van der Waals surface area contributed by atoms with Gasteiger partial charge < -0.3 is 15.6 Å². The highest BCUT2D eigenvalue weighted by Gasteiger charge is 2.15. The Bertz CT molecular complexity index is 330. The van der Waals surface area contributed by atoms with Crippen molar-refractivity contribution in [2.45, 2.75) is 18.9 Å². The molecule has 1 aromatic carbocycles. The van der Waals surface area contributed by atoms with Crippen molar-refractivity contribution >= 4 is 0 Å². The van der Waals surface area contributed by atoms with Crippen LogP contribution in [0.15, 0.2) is 18.2 Å². The first kappa shape index (κ1) is 11.9. The normalized spacial score (nSPS) is 14.7. The van der Waals surface area contributed by atoms with Crippen molar-refractivity contribution in [3.8, 4) is 5.75 Å². The van der Waals surface area contributed by atoms with Crippen molar-refractivity contribution in [1.29, 1.82) is 0 Å². The summed E-state index contributed by atoms with van der Waals surface area (Å²) < 4.78 is 18.2. The van der Waals surface area contributed by atoms with Gasteiger partial charge in [0.05, 0.1) is 13.7 Å². The maximum Gasteiger partial charge on any atom is 0.165 e. The number of rotatable bonds is 4. The number of aliphatic hydroxyl groups is 1. The molecule has 0 spiro atoms. The lowest BCUT2D eigenvalue weighted by Crippen LogP contribution is -2.30. The zero-order chi connectivity index (χ0) is 11.4. The summed E-state index contributed by atoms with van der Waals surface area (Å²) in [7, 11) is 1.42. The third-order valence-electron chi connectivity index (χ3n) is 2.55. The largest absolute Gasteiger partial charge is 0.494 e. The van der Waals surface area contributed by atoms with E-state index >= 15 is 0 Å². The van der Waals surface area contributed by atoms with Crippen LogP contribution >= 0.6 is 0 Å². The van der Waals surface area contributed by atoms with Crippen molar-refractivity contribution in [3.63, 3.8) is 0 Å². The molecular formula is C11H16FNO2. The number of hydrogen-bond acceptors (Lipinski definition) is 3. The molecule has 15 heavy (non-hydrogen) atoms. The second-order valence-electron chi connectivity index (χ2n) is 3.53. The molecule has 0 heterocycles. The maximum atomic E-state index is 13.3. The van der Waals surface area contributed by atoms with Crippen LogP contribution in [0, 0.1) is 5.82 Å². The Kier molecular flexibility index (Phi) is 4.05. The summed E-state index contributed by atoms with van der Waals surface area (Å²) in [4.78, 5) is 0. The van der Waals surface area contributed by atoms with Crippen LogP contribution in [0.1, 0.15) is 18.4 Å². The lowest BCUT2D eigenvalue weighted by Gasteiger charge is -2.18. The van der Waals surface area contributed by atoms with Crippen molar-refractivity contribution in [1.82, 2.24) is 0 Å². The summed E-state index contributed by atoms with van der Waals surface area (Å²) in [6, 6.07) is 4.32. The predicted molar refractivity (Wildman–Crippen MR) is 56.4 cm³/mol. The summed E-state index contributed by atoms with van der Waals surface area (Å²) in [6.45, 7) is 1.73. The second-order valence-corrected chi connectivity index (χ2v) is 3.53. The van der Waals surface area contributed by atoms with Crippen LogP contribution in [0.2, 0.25) is 0 Å². The number of benzene rings is 1. The van der Waals surface area contributed by atoms with E-state index in [1.54, 1.807) is 12.1 Å². The molecule has 0 aliphatic rings. The number of ether oxygens (including phenoxy) is 1. The van der Waals surface area contributed by atoms with Gasteiger partial charge in [0.2, 0.25) is 0 Å². The van der Waals surface area contributed by atoms with Crippen molar-refractivity contribution in [2.24, 2.45) is 5.73 Å². The Morgan fingerprint density at radius 1 is 1.53 bits per heavy atom. The number of aliphatic hydroxyl groups excluding tert-OH is 1. The Morgan fingerprint density at radius 2 is 2.20 bits per heavy atom. The third kappa shape index (κ3) is 2.67. The molecule has 3 nitrogen and oxygen atoms in total. The highest BCUT2D eigenvalue weighted by Crippen LogP contribution is 2.24. The van der Waals surface area contributed by atoms with Crippen molar-refractivity contribution < 1.29 is 14.2 Å². The van der Waals surface area contributed by atoms with Crippen LogP contribution in [0.5, 0.6) is 5.75 Å². The van der Waals surface area contributed by atoms with E-state index in [1.807, 2.05) is 6.92 Å². The van der Waals surface area contributed by atoms with Gasteiger partial charge in [-0.15, -0.1) is 0 Å². The maximum absolute atomic E-state index is 13.3. The van der Waals surface area contributed by atoms with Crippen LogP contribution < -0.4 is 10.5 Å². The van der Waals surface area contributed by atoms with E-state index < -0.39 is 5.82 Å². The molecule has 0 amide bonds. The summed E-state index contributed by atoms with van der Waals surface area (Å²) in [5.74, 6) is -0.286. The highest BCUT2D eigenvalue weighted by atomic mass is 19.1. The van der Waals surface area contributed by atoms with Crippen LogP contribution in [0.4, 0.5) is 4.39 Å². The Balaban J connectivity index is 2.92. The number of hydrogen-bond donors (Lipinski definition) is 2. The number of methoxy groups -OCH3 is 1. The zero-order valence-corrected chi connectivity index (χ0v) is 8.90. The minimum Gasteiger partial charge on any atom is -0.494 e. The van der Waals surface area contributed by atoms with E-state index in [0.717, 1.165) is 5.56 Å². The molecule has 0 aliphatic carbocycles. The zero-order valence-electron chi connectivity index (χ0n) is 8.90. The van der Waals surface area contributed by atoms with Gasteiger partial charge in [-0.1, -0.05) is 13.0 Å². The van der Waals surface area contributed by atoms with Gasteiger partial charge in [-0.25, -0.2) is 4.39 Å². The standard InChI is InChI=1S/C11H16FNO2/c1-7(10(13)6-14)8-3-4-11(15-2)9(12)5-8/h3-5,7,10,14H,6,13H2,1-2H3. The number of nitrogens with two attached hydrogens (primary N) is 1. The van der Waals surface area contributed by atoms with Crippen LogP contribution in [-0.2, 0) is 0 Å². The van der Waals surface area contributed by atoms with E-state index in [2.05, 4.69) is 0 Å². The molecule has 0 aliphatic heterocycles. The molecule has 0 saturated carbocycles. The third-order valence-corrected chi connectivity index (χ3v) is 2.55. The lowest BCUT2D eigenvalue weighted by atomic mass is 9.94. The van der Waals surface area contributed by atoms with E-state index in [0.29, 0.717) is 0 Å². The summed E-state index contributed by atoms with van der Waals surface area (Å²) in [6.07, 6.45) is 0. The fraction of sp³-hybridized carbons (Fsp3) is 0.455. The Morgan fingerprint density at radius 3 is 2.67 bits per heavy atom. The van der Waals surface area contributed by atoms with Crippen LogP contribution in [0.25, 0.3) is 0 Å². The molecule has 2 unspecified atom stereocenters. The molecule has 84 valence electrons. The molecule has 4 heteroatoms. The molecule has 1 aromatic rings. The molecule has 0 aromatic heterocycles. The van der Waals surface area contributed by atoms with E-state index in [1.165, 1.54) is 13.2 Å². The first-order valence-electron chi connectivity index (χ1n) is 4.80. The molecule has 2 atom stereocenters. The van der Waals surface area contributed by atoms with Gasteiger partial charge in [0.25, 0.3) is 0 Å². The van der Waals surface area contributed by atoms with Gasteiger partial charge in [-0.05, 0) is 23.6 Å². The first-order chi connectivity index (χ1) is 7.10. The minimum atomic E-state index is -0.410. The SMILES string of the molecule is COc1ccc(C(C)C(N)CO)cc1F. The van der Waals surface area contributed by atoms with Gasteiger partial charge in [-0.3, -0.25) is 0 Å². The minimum absolute atomic E-state index is 0.0876. The van der Waals surface area contributed by atoms with Gasteiger partial charge in [0.15, 0.2) is 11.6 Å². The molecule has 0 bridgehead atoms. The van der Waals surface area contributed by atoms with Gasteiger partial charge in [0, 0.05) is 6.04 Å². The average Bonchev–Trinajstić information content (AvgIpc) is 2.26. The Hall–Kier alpha value is -1.13. The van der Waals surface area contributed by atoms with Crippen LogP contribution in [0.3, 0.4) is 0 Å². The lowest BCUT2D eigenvalue weighted by molar-refractivity contribution is 0.252. The fourth-order valence-electron chi connectivity index (χ4n) is 1.37. The Labute approximate surface area is 88.7 Å². The monoisotopic (exact) mass is 213 g/mol. The molecule has 0 radical (unpaired) electrons. The van der Waals surface area contributed by atoms with Crippen molar-refractivity contribution in [2.75, 3.05) is 13.7 Å². The van der Waals surface area contributed by atoms with E-state index in [-0.39, 0.29) is 24.3 Å². The molecular weight excluding hydrogens is 197 g/mol. The first-order valence-corrected chi connectivity index (χ1v) is 4.80. The molecule has 0 saturated heterocycles. The summed E-state index contributed by atoms with van der Waals surface area (Å²) in [5, 5.41) is 8.89. The van der Waals surface area contributed by atoms with Crippen molar-refractivity contribution in [3.05, 3.63) is 29.6 Å². The van der Waals surface area contributed by atoms with E-state index in [4.69, 9.17) is 15.6 Å². The highest BCUT2D eigenvalue weighted by molar-refractivity contribution is 5.31. The molecule has 1 rings (SSSR count). The quantitative estimate of drug-likeness (QED) is 0.791. The molecule has 0 fully saturated rings. The smallest absolute Gasteiger partial charge is 0.165 e. The second kappa shape index (κ2) is 5.09. The molecule has 3 N–H and O–H groups in total. The van der Waals surface area contributed by atoms with Gasteiger partial charge in [-0.2, -0.15) is 0 Å².